The number of nitrogens with one attached hydrogen (secondary N) is 1. The van der Waals surface area contributed by atoms with E-state index < -0.39 is 0 Å². The lowest BCUT2D eigenvalue weighted by Crippen LogP contribution is -2.07. The second-order valence-electron chi connectivity index (χ2n) is 8.53. The minimum absolute atomic E-state index is 0.471. The van der Waals surface area contributed by atoms with Crippen LogP contribution < -0.4 is 10.1 Å². The fourth-order valence-electron chi connectivity index (χ4n) is 4.83. The maximum Gasteiger partial charge on any atom is 0.146 e. The molecule has 0 saturated heterocycles. The van der Waals surface area contributed by atoms with Gasteiger partial charge in [0.15, 0.2) is 0 Å². The SMILES string of the molecule is COc1ccc(-c2cc3c(Nc4cc(C)cc(C)c4)ncnc3n2C2CCCC2)cc1. The van der Waals surface area contributed by atoms with Crippen LogP contribution in [0.2, 0.25) is 0 Å². The molecule has 0 atom stereocenters. The van der Waals surface area contributed by atoms with Crippen LogP contribution in [0, 0.1) is 13.8 Å². The first-order valence-corrected chi connectivity index (χ1v) is 11.0. The van der Waals surface area contributed by atoms with Crippen molar-refractivity contribution in [1.82, 2.24) is 14.5 Å². The molecule has 1 aliphatic rings. The molecule has 0 unspecified atom stereocenters. The molecular formula is C26H28N4O. The van der Waals surface area contributed by atoms with E-state index in [4.69, 9.17) is 9.72 Å². The number of aromatic nitrogens is 3. The van der Waals surface area contributed by atoms with E-state index in [0.29, 0.717) is 6.04 Å². The van der Waals surface area contributed by atoms with Crippen molar-refractivity contribution in [2.45, 2.75) is 45.6 Å². The average molecular weight is 413 g/mol. The first-order valence-electron chi connectivity index (χ1n) is 11.0. The molecule has 1 aliphatic carbocycles. The number of methoxy groups -OCH3 is 1. The van der Waals surface area contributed by atoms with Gasteiger partial charge in [-0.05, 0) is 85.8 Å². The van der Waals surface area contributed by atoms with Crippen LogP contribution >= 0.6 is 0 Å². The lowest BCUT2D eigenvalue weighted by Gasteiger charge is -2.17. The van der Waals surface area contributed by atoms with E-state index in [2.05, 4.69) is 65.1 Å². The molecule has 158 valence electrons. The summed E-state index contributed by atoms with van der Waals surface area (Å²) >= 11 is 0. The van der Waals surface area contributed by atoms with Gasteiger partial charge in [-0.25, -0.2) is 9.97 Å². The van der Waals surface area contributed by atoms with E-state index in [0.717, 1.165) is 28.3 Å². The highest BCUT2D eigenvalue weighted by molar-refractivity contribution is 5.94. The van der Waals surface area contributed by atoms with Crippen LogP contribution in [-0.4, -0.2) is 21.6 Å². The Bertz CT molecular complexity index is 1200. The molecule has 2 aromatic heterocycles. The first kappa shape index (κ1) is 19.6. The van der Waals surface area contributed by atoms with Crippen molar-refractivity contribution in [3.63, 3.8) is 0 Å². The average Bonchev–Trinajstić information content (AvgIpc) is 3.41. The van der Waals surface area contributed by atoms with Crippen molar-refractivity contribution in [1.29, 1.82) is 0 Å². The van der Waals surface area contributed by atoms with E-state index in [1.54, 1.807) is 13.4 Å². The van der Waals surface area contributed by atoms with Crippen molar-refractivity contribution >= 4 is 22.5 Å². The third-order valence-electron chi connectivity index (χ3n) is 6.19. The fourth-order valence-corrected chi connectivity index (χ4v) is 4.83. The second kappa shape index (κ2) is 8.06. The van der Waals surface area contributed by atoms with E-state index in [1.807, 2.05) is 12.1 Å². The topological polar surface area (TPSA) is 52.0 Å². The smallest absolute Gasteiger partial charge is 0.146 e. The molecule has 0 spiro atoms. The maximum atomic E-state index is 5.36. The molecule has 4 aromatic rings. The predicted molar refractivity (Wildman–Crippen MR) is 126 cm³/mol. The van der Waals surface area contributed by atoms with Crippen LogP contribution in [0.5, 0.6) is 5.75 Å². The molecule has 0 aliphatic heterocycles. The summed E-state index contributed by atoms with van der Waals surface area (Å²) in [5.41, 5.74) is 6.87. The Morgan fingerprint density at radius 1 is 0.935 bits per heavy atom. The van der Waals surface area contributed by atoms with Gasteiger partial charge in [-0.2, -0.15) is 0 Å². The number of benzene rings is 2. The Kier molecular flexibility index (Phi) is 5.10. The summed E-state index contributed by atoms with van der Waals surface area (Å²) in [4.78, 5) is 9.34. The minimum atomic E-state index is 0.471. The van der Waals surface area contributed by atoms with E-state index in [9.17, 15) is 0 Å². The summed E-state index contributed by atoms with van der Waals surface area (Å²) in [7, 11) is 1.70. The zero-order valence-corrected chi connectivity index (χ0v) is 18.4. The van der Waals surface area contributed by atoms with Crippen LogP contribution in [0.1, 0.15) is 42.9 Å². The summed E-state index contributed by atoms with van der Waals surface area (Å²) in [6, 6.07) is 17.5. The van der Waals surface area contributed by atoms with Crippen LogP contribution in [0.3, 0.4) is 0 Å². The minimum Gasteiger partial charge on any atom is -0.497 e. The normalized spacial score (nSPS) is 14.3. The zero-order chi connectivity index (χ0) is 21.4. The summed E-state index contributed by atoms with van der Waals surface area (Å²) < 4.78 is 7.79. The highest BCUT2D eigenvalue weighted by Crippen LogP contribution is 2.40. The van der Waals surface area contributed by atoms with E-state index in [1.165, 1.54) is 48.1 Å². The molecule has 5 heteroatoms. The Balaban J connectivity index is 1.65. The Morgan fingerprint density at radius 3 is 2.32 bits per heavy atom. The molecular weight excluding hydrogens is 384 g/mol. The van der Waals surface area contributed by atoms with Gasteiger partial charge in [0.05, 0.1) is 18.2 Å². The van der Waals surface area contributed by atoms with Crippen LogP contribution in [0.15, 0.2) is 54.9 Å². The van der Waals surface area contributed by atoms with Gasteiger partial charge in [-0.15, -0.1) is 0 Å². The predicted octanol–water partition coefficient (Wildman–Crippen LogP) is 6.58. The lowest BCUT2D eigenvalue weighted by molar-refractivity contribution is 0.415. The molecule has 2 heterocycles. The number of hydrogen-bond donors (Lipinski definition) is 1. The summed E-state index contributed by atoms with van der Waals surface area (Å²) in [5, 5.41) is 4.60. The number of rotatable bonds is 5. The molecule has 5 nitrogen and oxygen atoms in total. The van der Waals surface area contributed by atoms with Gasteiger partial charge in [0.25, 0.3) is 0 Å². The molecule has 0 bridgehead atoms. The summed E-state index contributed by atoms with van der Waals surface area (Å²) in [6.07, 6.45) is 6.60. The molecule has 5 rings (SSSR count). The van der Waals surface area contributed by atoms with E-state index in [-0.39, 0.29) is 0 Å². The van der Waals surface area contributed by atoms with Crippen LogP contribution in [0.25, 0.3) is 22.3 Å². The van der Waals surface area contributed by atoms with E-state index >= 15 is 0 Å². The van der Waals surface area contributed by atoms with Gasteiger partial charge in [0.1, 0.15) is 23.5 Å². The molecule has 1 N–H and O–H groups in total. The van der Waals surface area contributed by atoms with Gasteiger partial charge in [0.2, 0.25) is 0 Å². The molecule has 1 fully saturated rings. The summed E-state index contributed by atoms with van der Waals surface area (Å²) in [6.45, 7) is 4.23. The van der Waals surface area contributed by atoms with Crippen molar-refractivity contribution in [3.8, 4) is 17.0 Å². The Labute approximate surface area is 183 Å². The van der Waals surface area contributed by atoms with Gasteiger partial charge in [0, 0.05) is 11.7 Å². The fraction of sp³-hybridized carbons (Fsp3) is 0.308. The quantitative estimate of drug-likeness (QED) is 0.402. The first-order chi connectivity index (χ1) is 15.1. The standard InChI is InChI=1S/C26H28N4O/c1-17-12-18(2)14-20(13-17)29-25-23-15-24(19-8-10-22(31-3)11-9-19)30(21-6-4-5-7-21)26(23)28-16-27-25/h8-16,21H,4-7H2,1-3H3,(H,27,28,29). The monoisotopic (exact) mass is 412 g/mol. The zero-order valence-electron chi connectivity index (χ0n) is 18.4. The van der Waals surface area contributed by atoms with Crippen molar-refractivity contribution < 1.29 is 4.74 Å². The number of hydrogen-bond acceptors (Lipinski definition) is 4. The molecule has 1 saturated carbocycles. The van der Waals surface area contributed by atoms with Crippen molar-refractivity contribution in [2.75, 3.05) is 12.4 Å². The van der Waals surface area contributed by atoms with Gasteiger partial charge in [-0.3, -0.25) is 0 Å². The third-order valence-corrected chi connectivity index (χ3v) is 6.19. The molecule has 31 heavy (non-hydrogen) atoms. The van der Waals surface area contributed by atoms with Gasteiger partial charge < -0.3 is 14.6 Å². The number of anilines is 2. The Morgan fingerprint density at radius 2 is 1.65 bits per heavy atom. The lowest BCUT2D eigenvalue weighted by atomic mass is 10.1. The molecule has 0 amide bonds. The van der Waals surface area contributed by atoms with Crippen molar-refractivity contribution in [3.05, 3.63) is 66.0 Å². The highest BCUT2D eigenvalue weighted by atomic mass is 16.5. The number of nitrogens with zero attached hydrogens (tertiary/aromatic N) is 3. The van der Waals surface area contributed by atoms with Crippen LogP contribution in [0.4, 0.5) is 11.5 Å². The van der Waals surface area contributed by atoms with Crippen LogP contribution in [-0.2, 0) is 0 Å². The van der Waals surface area contributed by atoms with Gasteiger partial charge >= 0.3 is 0 Å². The molecule has 0 radical (unpaired) electrons. The highest BCUT2D eigenvalue weighted by Gasteiger charge is 2.24. The van der Waals surface area contributed by atoms with Crippen molar-refractivity contribution in [2.24, 2.45) is 0 Å². The second-order valence-corrected chi connectivity index (χ2v) is 8.53. The Hall–Kier alpha value is -3.34. The number of aryl methyl sites for hydroxylation is 2. The number of fused-ring (bicyclic) bond motifs is 1. The van der Waals surface area contributed by atoms with Gasteiger partial charge in [-0.1, -0.05) is 18.9 Å². The summed E-state index contributed by atoms with van der Waals surface area (Å²) in [5.74, 6) is 1.71. The maximum absolute atomic E-state index is 5.36. The third kappa shape index (κ3) is 3.76. The molecule has 2 aromatic carbocycles. The largest absolute Gasteiger partial charge is 0.497 e. The number of ether oxygens (including phenoxy) is 1.